The van der Waals surface area contributed by atoms with Gasteiger partial charge >= 0.3 is 0 Å². The van der Waals surface area contributed by atoms with Gasteiger partial charge in [-0.1, -0.05) is 0 Å². The van der Waals surface area contributed by atoms with Crippen molar-refractivity contribution in [1.82, 2.24) is 20.2 Å². The maximum Gasteiger partial charge on any atom is 0.257 e. The molecular weight excluding hydrogens is 410 g/mol. The van der Waals surface area contributed by atoms with E-state index < -0.39 is 0 Å². The van der Waals surface area contributed by atoms with Crippen molar-refractivity contribution in [3.05, 3.63) is 44.8 Å². The van der Waals surface area contributed by atoms with E-state index in [-0.39, 0.29) is 11.8 Å². The summed E-state index contributed by atoms with van der Waals surface area (Å²) < 4.78 is 0.795. The molecule has 0 radical (unpaired) electrons. The second kappa shape index (κ2) is 7.66. The first-order chi connectivity index (χ1) is 12.8. The number of nitrogens with one attached hydrogen (secondary N) is 3. The van der Waals surface area contributed by atoms with E-state index >= 15 is 0 Å². The first kappa shape index (κ1) is 19.3. The van der Waals surface area contributed by atoms with Crippen molar-refractivity contribution in [3.8, 4) is 0 Å². The van der Waals surface area contributed by atoms with Crippen molar-refractivity contribution in [2.75, 3.05) is 32.5 Å². The monoisotopic (exact) mass is 431 g/mol. The largest absolute Gasteiger partial charge is 0.358 e. The quantitative estimate of drug-likeness (QED) is 0.634. The average Bonchev–Trinajstić information content (AvgIpc) is 3.04. The van der Waals surface area contributed by atoms with E-state index in [1.807, 2.05) is 38.9 Å². The summed E-state index contributed by atoms with van der Waals surface area (Å²) in [6, 6.07) is 1.85. The molecule has 0 atom stereocenters. The van der Waals surface area contributed by atoms with Gasteiger partial charge in [0.05, 0.1) is 11.1 Å². The van der Waals surface area contributed by atoms with Gasteiger partial charge in [0.15, 0.2) is 0 Å². The van der Waals surface area contributed by atoms with E-state index in [2.05, 4.69) is 36.5 Å². The van der Waals surface area contributed by atoms with Crippen molar-refractivity contribution in [1.29, 1.82) is 0 Å². The van der Waals surface area contributed by atoms with Gasteiger partial charge in [-0.3, -0.25) is 9.59 Å². The minimum Gasteiger partial charge on any atom is -0.358 e. The molecule has 2 aromatic rings. The Kier molecular flexibility index (Phi) is 5.48. The number of H-pyrrole nitrogens is 1. The van der Waals surface area contributed by atoms with Gasteiger partial charge in [0, 0.05) is 40.7 Å². The number of aromatic amines is 1. The highest BCUT2D eigenvalue weighted by Crippen LogP contribution is 2.34. The molecule has 1 aliphatic rings. The molecule has 3 heterocycles. The summed E-state index contributed by atoms with van der Waals surface area (Å²) in [7, 11) is 3.92. The van der Waals surface area contributed by atoms with E-state index in [0.717, 1.165) is 33.5 Å². The predicted octanol–water partition coefficient (Wildman–Crippen LogP) is 2.57. The standard InChI is InChI=1S/C19H22BrN5O2/c1-10-15(23-11(2)16(10)19(27)21-5-6-25(3)4)8-14-13-7-12(20)9-22-17(13)24-18(14)26/h7-9,23H,5-6H2,1-4H3,(H,21,27)(H,22,24,26)/b14-8-. The summed E-state index contributed by atoms with van der Waals surface area (Å²) in [5.41, 5.74) is 4.19. The minimum absolute atomic E-state index is 0.117. The third-order valence-electron chi connectivity index (χ3n) is 4.46. The number of anilines is 1. The van der Waals surface area contributed by atoms with E-state index in [9.17, 15) is 9.59 Å². The molecule has 2 aromatic heterocycles. The summed E-state index contributed by atoms with van der Waals surface area (Å²) in [5.74, 6) is 0.213. The van der Waals surface area contributed by atoms with Crippen molar-refractivity contribution < 1.29 is 9.59 Å². The lowest BCUT2D eigenvalue weighted by molar-refractivity contribution is -0.110. The Labute approximate surface area is 166 Å². The molecule has 142 valence electrons. The summed E-state index contributed by atoms with van der Waals surface area (Å²) in [6.07, 6.45) is 3.41. The second-order valence-electron chi connectivity index (χ2n) is 6.78. The van der Waals surface area contributed by atoms with E-state index in [1.54, 1.807) is 12.3 Å². The number of likely N-dealkylation sites (N-methyl/N-ethyl adjacent to an activating group) is 1. The molecule has 0 unspecified atom stereocenters. The summed E-state index contributed by atoms with van der Waals surface area (Å²) in [4.78, 5) is 34.4. The van der Waals surface area contributed by atoms with Crippen molar-refractivity contribution >= 4 is 45.2 Å². The second-order valence-corrected chi connectivity index (χ2v) is 7.70. The highest BCUT2D eigenvalue weighted by molar-refractivity contribution is 9.10. The maximum absolute atomic E-state index is 12.6. The zero-order valence-corrected chi connectivity index (χ0v) is 17.3. The molecule has 0 aliphatic carbocycles. The molecule has 7 nitrogen and oxygen atoms in total. The van der Waals surface area contributed by atoms with Crippen LogP contribution in [-0.2, 0) is 4.79 Å². The fraction of sp³-hybridized carbons (Fsp3) is 0.316. The number of halogens is 1. The lowest BCUT2D eigenvalue weighted by Crippen LogP contribution is -2.31. The van der Waals surface area contributed by atoms with Gasteiger partial charge in [-0.05, 0) is 61.6 Å². The minimum atomic E-state index is -0.209. The van der Waals surface area contributed by atoms with Crippen LogP contribution in [-0.4, -0.2) is 53.9 Å². The zero-order chi connectivity index (χ0) is 19.7. The number of carbonyl (C=O) groups excluding carboxylic acids is 2. The number of rotatable bonds is 5. The lowest BCUT2D eigenvalue weighted by Gasteiger charge is -2.10. The molecular formula is C19H22BrN5O2. The first-order valence-corrected chi connectivity index (χ1v) is 9.38. The summed E-state index contributed by atoms with van der Waals surface area (Å²) >= 11 is 3.39. The van der Waals surface area contributed by atoms with Crippen LogP contribution in [0.3, 0.4) is 0 Å². The number of pyridine rings is 1. The molecule has 0 saturated heterocycles. The number of amides is 2. The van der Waals surface area contributed by atoms with Crippen LogP contribution in [0, 0.1) is 13.8 Å². The molecule has 8 heteroatoms. The summed E-state index contributed by atoms with van der Waals surface area (Å²) in [5, 5.41) is 5.69. The number of hydrogen-bond acceptors (Lipinski definition) is 4. The van der Waals surface area contributed by atoms with E-state index in [0.29, 0.717) is 23.5 Å². The highest BCUT2D eigenvalue weighted by atomic mass is 79.9. The van der Waals surface area contributed by atoms with Crippen molar-refractivity contribution in [3.63, 3.8) is 0 Å². The molecule has 3 rings (SSSR count). The summed E-state index contributed by atoms with van der Waals surface area (Å²) in [6.45, 7) is 5.08. The van der Waals surface area contributed by atoms with Crippen LogP contribution in [0.2, 0.25) is 0 Å². The van der Waals surface area contributed by atoms with Crippen LogP contribution in [0.1, 0.15) is 32.9 Å². The fourth-order valence-electron chi connectivity index (χ4n) is 3.07. The van der Waals surface area contributed by atoms with Crippen LogP contribution in [0.4, 0.5) is 5.82 Å². The highest BCUT2D eigenvalue weighted by Gasteiger charge is 2.26. The SMILES string of the molecule is Cc1[nH]c(/C=C2\C(=O)Nc3ncc(Br)cc32)c(C)c1C(=O)NCCN(C)C. The number of aromatic nitrogens is 2. The molecule has 1 aliphatic heterocycles. The predicted molar refractivity (Wildman–Crippen MR) is 110 cm³/mol. The first-order valence-electron chi connectivity index (χ1n) is 8.59. The van der Waals surface area contributed by atoms with Gasteiger partial charge in [-0.25, -0.2) is 4.98 Å². The Bertz CT molecular complexity index is 946. The Balaban J connectivity index is 1.91. The molecule has 0 saturated carbocycles. The maximum atomic E-state index is 12.6. The molecule has 0 fully saturated rings. The smallest absolute Gasteiger partial charge is 0.257 e. The van der Waals surface area contributed by atoms with E-state index in [1.165, 1.54) is 0 Å². The molecule has 0 aromatic carbocycles. The zero-order valence-electron chi connectivity index (χ0n) is 15.7. The number of aryl methyl sites for hydroxylation is 1. The normalized spacial score (nSPS) is 14.6. The Morgan fingerprint density at radius 2 is 2.11 bits per heavy atom. The number of nitrogens with zero attached hydrogens (tertiary/aromatic N) is 2. The molecule has 3 N–H and O–H groups in total. The van der Waals surface area contributed by atoms with Crippen LogP contribution >= 0.6 is 15.9 Å². The molecule has 27 heavy (non-hydrogen) atoms. The van der Waals surface area contributed by atoms with Gasteiger partial charge in [-0.2, -0.15) is 0 Å². The van der Waals surface area contributed by atoms with Gasteiger partial charge in [-0.15, -0.1) is 0 Å². The fourth-order valence-corrected chi connectivity index (χ4v) is 3.40. The lowest BCUT2D eigenvalue weighted by atomic mass is 10.0. The topological polar surface area (TPSA) is 90.1 Å². The number of hydrogen-bond donors (Lipinski definition) is 3. The van der Waals surface area contributed by atoms with Gasteiger partial charge in [0.2, 0.25) is 0 Å². The van der Waals surface area contributed by atoms with Crippen LogP contribution in [0.5, 0.6) is 0 Å². The third-order valence-corrected chi connectivity index (χ3v) is 4.89. The van der Waals surface area contributed by atoms with Gasteiger partial charge < -0.3 is 20.5 Å². The van der Waals surface area contributed by atoms with Crippen molar-refractivity contribution in [2.24, 2.45) is 0 Å². The number of carbonyl (C=O) groups is 2. The Hall–Kier alpha value is -2.45. The Morgan fingerprint density at radius 1 is 1.37 bits per heavy atom. The number of fused-ring (bicyclic) bond motifs is 1. The van der Waals surface area contributed by atoms with Gasteiger partial charge in [0.25, 0.3) is 11.8 Å². The average molecular weight is 432 g/mol. The van der Waals surface area contributed by atoms with Gasteiger partial charge in [0.1, 0.15) is 5.82 Å². The molecule has 0 bridgehead atoms. The van der Waals surface area contributed by atoms with Crippen LogP contribution < -0.4 is 10.6 Å². The van der Waals surface area contributed by atoms with E-state index in [4.69, 9.17) is 0 Å². The molecule has 0 spiro atoms. The van der Waals surface area contributed by atoms with Crippen LogP contribution in [0.15, 0.2) is 16.7 Å². The van der Waals surface area contributed by atoms with Crippen LogP contribution in [0.25, 0.3) is 11.6 Å². The molecule has 2 amide bonds. The third kappa shape index (κ3) is 3.96. The Morgan fingerprint density at radius 3 is 2.81 bits per heavy atom. The van der Waals surface area contributed by atoms with Crippen molar-refractivity contribution in [2.45, 2.75) is 13.8 Å².